The van der Waals surface area contributed by atoms with Gasteiger partial charge in [0.1, 0.15) is 5.01 Å². The van der Waals surface area contributed by atoms with Gasteiger partial charge in [0.2, 0.25) is 0 Å². The second kappa shape index (κ2) is 5.99. The summed E-state index contributed by atoms with van der Waals surface area (Å²) in [5.74, 6) is 0.811. The average molecular weight is 322 g/mol. The lowest BCUT2D eigenvalue weighted by Gasteiger charge is -2.00. The highest BCUT2D eigenvalue weighted by molar-refractivity contribution is 7.98. The zero-order chi connectivity index (χ0) is 13.9. The van der Waals surface area contributed by atoms with Gasteiger partial charge in [0.15, 0.2) is 5.16 Å². The Balaban J connectivity index is 1.74. The maximum atomic E-state index is 6.20. The van der Waals surface area contributed by atoms with Gasteiger partial charge in [-0.25, -0.2) is 9.97 Å². The third kappa shape index (κ3) is 2.90. The Morgan fingerprint density at radius 1 is 1.35 bits per heavy atom. The van der Waals surface area contributed by atoms with Gasteiger partial charge in [0.05, 0.1) is 10.7 Å². The molecule has 0 radical (unpaired) electrons. The van der Waals surface area contributed by atoms with Crippen LogP contribution in [0.15, 0.2) is 47.2 Å². The SMILES string of the molecule is Cn1ccnc1SCc1csc(-c2ccccc2Cl)n1. The van der Waals surface area contributed by atoms with Crippen LogP contribution in [-0.4, -0.2) is 14.5 Å². The van der Waals surface area contributed by atoms with Gasteiger partial charge in [0.25, 0.3) is 0 Å². The van der Waals surface area contributed by atoms with Gasteiger partial charge in [-0.3, -0.25) is 0 Å². The Bertz CT molecular complexity index is 721. The van der Waals surface area contributed by atoms with Gasteiger partial charge >= 0.3 is 0 Å². The summed E-state index contributed by atoms with van der Waals surface area (Å²) in [6, 6.07) is 7.79. The molecule has 0 saturated heterocycles. The number of nitrogens with zero attached hydrogens (tertiary/aromatic N) is 3. The standard InChI is InChI=1S/C14H12ClN3S2/c1-18-7-6-16-14(18)20-9-10-8-19-13(17-10)11-4-2-3-5-12(11)15/h2-8H,9H2,1H3. The molecule has 0 bridgehead atoms. The van der Waals surface area contributed by atoms with E-state index in [0.29, 0.717) is 0 Å². The quantitative estimate of drug-likeness (QED) is 0.663. The summed E-state index contributed by atoms with van der Waals surface area (Å²) in [5.41, 5.74) is 2.05. The van der Waals surface area contributed by atoms with Gasteiger partial charge in [-0.1, -0.05) is 41.6 Å². The molecule has 2 heterocycles. The van der Waals surface area contributed by atoms with Crippen molar-refractivity contribution in [3.63, 3.8) is 0 Å². The Morgan fingerprint density at radius 2 is 2.20 bits per heavy atom. The number of halogens is 1. The maximum absolute atomic E-state index is 6.20. The molecular formula is C14H12ClN3S2. The third-order valence-electron chi connectivity index (χ3n) is 2.78. The van der Waals surface area contributed by atoms with E-state index in [-0.39, 0.29) is 0 Å². The van der Waals surface area contributed by atoms with Crippen molar-refractivity contribution in [1.82, 2.24) is 14.5 Å². The lowest BCUT2D eigenvalue weighted by Crippen LogP contribution is -1.90. The van der Waals surface area contributed by atoms with Crippen LogP contribution in [0.25, 0.3) is 10.6 Å². The summed E-state index contributed by atoms with van der Waals surface area (Å²) in [4.78, 5) is 8.94. The molecule has 0 aliphatic rings. The monoisotopic (exact) mass is 321 g/mol. The molecule has 3 nitrogen and oxygen atoms in total. The first kappa shape index (κ1) is 13.7. The Labute approximate surface area is 130 Å². The minimum Gasteiger partial charge on any atom is -0.329 e. The highest BCUT2D eigenvalue weighted by Crippen LogP contribution is 2.31. The summed E-state index contributed by atoms with van der Waals surface area (Å²) < 4.78 is 2.01. The average Bonchev–Trinajstić information content (AvgIpc) is 3.06. The van der Waals surface area contributed by atoms with Gasteiger partial charge in [-0.2, -0.15) is 0 Å². The first-order valence-corrected chi connectivity index (χ1v) is 8.28. The highest BCUT2D eigenvalue weighted by Gasteiger charge is 2.09. The molecule has 20 heavy (non-hydrogen) atoms. The number of aromatic nitrogens is 3. The van der Waals surface area contributed by atoms with Crippen LogP contribution in [0.1, 0.15) is 5.69 Å². The van der Waals surface area contributed by atoms with E-state index < -0.39 is 0 Å². The van der Waals surface area contributed by atoms with Gasteiger partial charge < -0.3 is 4.57 Å². The predicted octanol–water partition coefficient (Wildman–Crippen LogP) is 4.49. The fourth-order valence-electron chi connectivity index (χ4n) is 1.76. The summed E-state index contributed by atoms with van der Waals surface area (Å²) in [6.45, 7) is 0. The van der Waals surface area contributed by atoms with E-state index >= 15 is 0 Å². The Hall–Kier alpha value is -1.30. The summed E-state index contributed by atoms with van der Waals surface area (Å²) in [6.07, 6.45) is 3.75. The van der Waals surface area contributed by atoms with Crippen molar-refractivity contribution < 1.29 is 0 Å². The predicted molar refractivity (Wildman–Crippen MR) is 85.3 cm³/mol. The molecule has 0 amide bonds. The van der Waals surface area contributed by atoms with Crippen LogP contribution in [-0.2, 0) is 12.8 Å². The number of thioether (sulfide) groups is 1. The lowest BCUT2D eigenvalue weighted by molar-refractivity contribution is 0.789. The zero-order valence-electron chi connectivity index (χ0n) is 10.8. The normalized spacial score (nSPS) is 10.9. The topological polar surface area (TPSA) is 30.7 Å². The smallest absolute Gasteiger partial charge is 0.168 e. The molecule has 0 saturated carbocycles. The van der Waals surface area contributed by atoms with E-state index in [9.17, 15) is 0 Å². The molecular weight excluding hydrogens is 310 g/mol. The maximum Gasteiger partial charge on any atom is 0.168 e. The van der Waals surface area contributed by atoms with Crippen LogP contribution >= 0.6 is 34.7 Å². The van der Waals surface area contributed by atoms with Crippen LogP contribution in [0.3, 0.4) is 0 Å². The minimum absolute atomic E-state index is 0.741. The van der Waals surface area contributed by atoms with Crippen LogP contribution in [0.5, 0.6) is 0 Å². The molecule has 0 aliphatic carbocycles. The van der Waals surface area contributed by atoms with Gasteiger partial charge in [0, 0.05) is 36.1 Å². The molecule has 3 rings (SSSR count). The van der Waals surface area contributed by atoms with Crippen LogP contribution in [0.2, 0.25) is 5.02 Å². The van der Waals surface area contributed by atoms with Crippen molar-refractivity contribution in [3.8, 4) is 10.6 Å². The van der Waals surface area contributed by atoms with Crippen molar-refractivity contribution in [1.29, 1.82) is 0 Å². The van der Waals surface area contributed by atoms with E-state index in [0.717, 1.165) is 32.2 Å². The molecule has 3 aromatic rings. The van der Waals surface area contributed by atoms with Crippen molar-refractivity contribution in [3.05, 3.63) is 52.8 Å². The highest BCUT2D eigenvalue weighted by atomic mass is 35.5. The second-order valence-electron chi connectivity index (χ2n) is 4.23. The molecule has 0 atom stereocenters. The summed E-state index contributed by atoms with van der Waals surface area (Å²) in [5, 5.41) is 4.78. The minimum atomic E-state index is 0.741. The Kier molecular flexibility index (Phi) is 4.10. The molecule has 6 heteroatoms. The lowest BCUT2D eigenvalue weighted by atomic mass is 10.2. The summed E-state index contributed by atoms with van der Waals surface area (Å²) in [7, 11) is 1.99. The number of hydrogen-bond donors (Lipinski definition) is 0. The largest absolute Gasteiger partial charge is 0.329 e. The summed E-state index contributed by atoms with van der Waals surface area (Å²) >= 11 is 9.50. The van der Waals surface area contributed by atoms with Gasteiger partial charge in [-0.15, -0.1) is 11.3 Å². The van der Waals surface area contributed by atoms with E-state index in [1.165, 1.54) is 0 Å². The molecule has 0 spiro atoms. The number of aryl methyl sites for hydroxylation is 1. The first-order chi connectivity index (χ1) is 9.74. The number of imidazole rings is 1. The molecule has 0 fully saturated rings. The second-order valence-corrected chi connectivity index (χ2v) is 6.44. The van der Waals surface area contributed by atoms with Crippen molar-refractivity contribution >= 4 is 34.7 Å². The van der Waals surface area contributed by atoms with Crippen LogP contribution in [0, 0.1) is 0 Å². The third-order valence-corrected chi connectivity index (χ3v) is 5.13. The molecule has 2 aromatic heterocycles. The van der Waals surface area contributed by atoms with E-state index in [4.69, 9.17) is 11.6 Å². The van der Waals surface area contributed by atoms with Gasteiger partial charge in [-0.05, 0) is 6.07 Å². The van der Waals surface area contributed by atoms with E-state index in [1.54, 1.807) is 29.3 Å². The van der Waals surface area contributed by atoms with Crippen molar-refractivity contribution in [2.45, 2.75) is 10.9 Å². The number of thiazole rings is 1. The number of rotatable bonds is 4. The fourth-order valence-corrected chi connectivity index (χ4v) is 3.83. The van der Waals surface area contributed by atoms with Crippen LogP contribution in [0.4, 0.5) is 0 Å². The zero-order valence-corrected chi connectivity index (χ0v) is 13.2. The first-order valence-electron chi connectivity index (χ1n) is 6.03. The van der Waals surface area contributed by atoms with E-state index in [2.05, 4.69) is 15.3 Å². The molecule has 102 valence electrons. The molecule has 0 unspecified atom stereocenters. The van der Waals surface area contributed by atoms with Crippen molar-refractivity contribution in [2.24, 2.45) is 7.05 Å². The number of benzene rings is 1. The molecule has 1 aromatic carbocycles. The van der Waals surface area contributed by atoms with E-state index in [1.807, 2.05) is 42.1 Å². The Morgan fingerprint density at radius 3 is 2.95 bits per heavy atom. The van der Waals surface area contributed by atoms with Crippen molar-refractivity contribution in [2.75, 3.05) is 0 Å². The molecule has 0 aliphatic heterocycles. The fraction of sp³-hybridized carbons (Fsp3) is 0.143. The van der Waals surface area contributed by atoms with Crippen LogP contribution < -0.4 is 0 Å². The molecule has 0 N–H and O–H groups in total. The number of hydrogen-bond acceptors (Lipinski definition) is 4.